The average molecular weight is 226 g/mol. The smallest absolute Gasteiger partial charge is 0.0387 e. The number of hydrogen-bond donors (Lipinski definition) is 2. The minimum atomic E-state index is 0.296. The molecule has 0 bridgehead atoms. The second-order valence-electron chi connectivity index (χ2n) is 4.63. The van der Waals surface area contributed by atoms with Gasteiger partial charge in [0.05, 0.1) is 0 Å². The van der Waals surface area contributed by atoms with Crippen LogP contribution < -0.4 is 11.3 Å². The predicted octanol–water partition coefficient (Wildman–Crippen LogP) is 3.93. The number of hydrazine groups is 1. The molecule has 0 aromatic heterocycles. The summed E-state index contributed by atoms with van der Waals surface area (Å²) < 4.78 is 0. The van der Waals surface area contributed by atoms with E-state index in [4.69, 9.17) is 5.84 Å². The molecular weight excluding hydrogens is 196 g/mol. The predicted molar refractivity (Wildman–Crippen MR) is 73.2 cm³/mol. The van der Waals surface area contributed by atoms with E-state index in [1.807, 2.05) is 6.08 Å². The summed E-state index contributed by atoms with van der Waals surface area (Å²) in [4.78, 5) is 0. The molecule has 0 rings (SSSR count). The monoisotopic (exact) mass is 226 g/mol. The third kappa shape index (κ3) is 10.2. The van der Waals surface area contributed by atoms with E-state index < -0.39 is 0 Å². The van der Waals surface area contributed by atoms with Crippen molar-refractivity contribution in [1.29, 1.82) is 0 Å². The Morgan fingerprint density at radius 3 is 1.94 bits per heavy atom. The molecule has 96 valence electrons. The largest absolute Gasteiger partial charge is 0.271 e. The van der Waals surface area contributed by atoms with Gasteiger partial charge in [-0.3, -0.25) is 11.3 Å². The summed E-state index contributed by atoms with van der Waals surface area (Å²) >= 11 is 0. The Morgan fingerprint density at radius 1 is 1.00 bits per heavy atom. The number of hydrogen-bond acceptors (Lipinski definition) is 2. The molecule has 0 spiro atoms. The first-order valence-corrected chi connectivity index (χ1v) is 6.93. The molecule has 1 atom stereocenters. The summed E-state index contributed by atoms with van der Waals surface area (Å²) in [6, 6.07) is 0.296. The zero-order chi connectivity index (χ0) is 12.1. The summed E-state index contributed by atoms with van der Waals surface area (Å²) in [6.45, 7) is 6.01. The number of nitrogens with two attached hydrogens (primary N) is 1. The van der Waals surface area contributed by atoms with Crippen LogP contribution in [0.25, 0.3) is 0 Å². The average Bonchev–Trinajstić information content (AvgIpc) is 2.32. The van der Waals surface area contributed by atoms with Crippen molar-refractivity contribution in [2.45, 2.75) is 77.2 Å². The Bertz CT molecular complexity index is 146. The van der Waals surface area contributed by atoms with E-state index in [1.54, 1.807) is 0 Å². The summed E-state index contributed by atoms with van der Waals surface area (Å²) in [5.74, 6) is 5.37. The second-order valence-corrected chi connectivity index (χ2v) is 4.63. The molecule has 0 fully saturated rings. The molecular formula is C14H30N2. The Hall–Kier alpha value is -0.340. The maximum absolute atomic E-state index is 5.37. The summed E-state index contributed by atoms with van der Waals surface area (Å²) in [5, 5.41) is 0. The van der Waals surface area contributed by atoms with Gasteiger partial charge in [0, 0.05) is 6.04 Å². The third-order valence-corrected chi connectivity index (χ3v) is 3.12. The lowest BCUT2D eigenvalue weighted by molar-refractivity contribution is 0.512. The first-order chi connectivity index (χ1) is 7.85. The van der Waals surface area contributed by atoms with E-state index in [0.717, 1.165) is 6.42 Å². The van der Waals surface area contributed by atoms with Crippen LogP contribution >= 0.6 is 0 Å². The van der Waals surface area contributed by atoms with Gasteiger partial charge in [0.15, 0.2) is 0 Å². The molecule has 0 saturated carbocycles. The maximum Gasteiger partial charge on any atom is 0.0387 e. The van der Waals surface area contributed by atoms with E-state index in [1.165, 1.54) is 57.8 Å². The number of unbranched alkanes of at least 4 members (excludes halogenated alkanes) is 8. The van der Waals surface area contributed by atoms with E-state index in [2.05, 4.69) is 18.9 Å². The Labute approximate surface area is 102 Å². The van der Waals surface area contributed by atoms with Gasteiger partial charge in [-0.05, 0) is 6.42 Å². The van der Waals surface area contributed by atoms with Crippen molar-refractivity contribution in [3.05, 3.63) is 12.7 Å². The highest BCUT2D eigenvalue weighted by atomic mass is 15.2. The standard InChI is InChI=1S/C14H30N2/c1-3-5-6-7-8-9-10-11-12-13-14(4-2)16-15/h4,14,16H,2-3,5-13,15H2,1H3. The van der Waals surface area contributed by atoms with Gasteiger partial charge in [-0.25, -0.2) is 0 Å². The molecule has 0 aliphatic rings. The third-order valence-electron chi connectivity index (χ3n) is 3.12. The molecule has 1 unspecified atom stereocenters. The molecule has 0 aliphatic carbocycles. The van der Waals surface area contributed by atoms with Crippen LogP contribution in [0.2, 0.25) is 0 Å². The van der Waals surface area contributed by atoms with E-state index in [9.17, 15) is 0 Å². The zero-order valence-electron chi connectivity index (χ0n) is 11.0. The molecule has 0 amide bonds. The molecule has 0 heterocycles. The molecule has 0 aromatic rings. The van der Waals surface area contributed by atoms with Crippen LogP contribution in [0.1, 0.15) is 71.1 Å². The molecule has 0 aliphatic heterocycles. The molecule has 2 nitrogen and oxygen atoms in total. The highest BCUT2D eigenvalue weighted by Gasteiger charge is 1.99. The fraction of sp³-hybridized carbons (Fsp3) is 0.857. The summed E-state index contributed by atoms with van der Waals surface area (Å²) in [5.41, 5.74) is 2.76. The van der Waals surface area contributed by atoms with Gasteiger partial charge in [-0.2, -0.15) is 0 Å². The highest BCUT2D eigenvalue weighted by Crippen LogP contribution is 2.11. The summed E-state index contributed by atoms with van der Waals surface area (Å²) in [6.07, 6.45) is 15.4. The molecule has 0 aromatic carbocycles. The van der Waals surface area contributed by atoms with Crippen molar-refractivity contribution >= 4 is 0 Å². The van der Waals surface area contributed by atoms with Crippen LogP contribution in [0.15, 0.2) is 12.7 Å². The molecule has 2 heteroatoms. The van der Waals surface area contributed by atoms with Gasteiger partial charge >= 0.3 is 0 Å². The molecule has 3 N–H and O–H groups in total. The van der Waals surface area contributed by atoms with E-state index >= 15 is 0 Å². The lowest BCUT2D eigenvalue weighted by Crippen LogP contribution is -2.33. The van der Waals surface area contributed by atoms with Gasteiger partial charge in [-0.15, -0.1) is 6.58 Å². The van der Waals surface area contributed by atoms with Gasteiger partial charge in [0.25, 0.3) is 0 Å². The van der Waals surface area contributed by atoms with Gasteiger partial charge < -0.3 is 0 Å². The van der Waals surface area contributed by atoms with Crippen molar-refractivity contribution < 1.29 is 0 Å². The van der Waals surface area contributed by atoms with Crippen molar-refractivity contribution in [2.24, 2.45) is 5.84 Å². The minimum Gasteiger partial charge on any atom is -0.271 e. The van der Waals surface area contributed by atoms with Crippen LogP contribution in [0, 0.1) is 0 Å². The molecule has 0 saturated heterocycles. The normalized spacial score (nSPS) is 12.6. The fourth-order valence-corrected chi connectivity index (χ4v) is 1.94. The van der Waals surface area contributed by atoms with E-state index in [-0.39, 0.29) is 0 Å². The van der Waals surface area contributed by atoms with Crippen LogP contribution in [-0.2, 0) is 0 Å². The number of rotatable bonds is 12. The summed E-state index contributed by atoms with van der Waals surface area (Å²) in [7, 11) is 0. The second kappa shape index (κ2) is 12.7. The van der Waals surface area contributed by atoms with Crippen LogP contribution in [-0.4, -0.2) is 6.04 Å². The SMILES string of the molecule is C=CC(CCCCCCCCCCC)NN. The minimum absolute atomic E-state index is 0.296. The number of nitrogens with one attached hydrogen (secondary N) is 1. The van der Waals surface area contributed by atoms with Crippen LogP contribution in [0.5, 0.6) is 0 Å². The van der Waals surface area contributed by atoms with Crippen LogP contribution in [0.3, 0.4) is 0 Å². The van der Waals surface area contributed by atoms with Gasteiger partial charge in [0.2, 0.25) is 0 Å². The zero-order valence-corrected chi connectivity index (χ0v) is 11.0. The van der Waals surface area contributed by atoms with Gasteiger partial charge in [-0.1, -0.05) is 70.8 Å². The van der Waals surface area contributed by atoms with Crippen molar-refractivity contribution in [2.75, 3.05) is 0 Å². The molecule has 0 radical (unpaired) electrons. The lowest BCUT2D eigenvalue weighted by atomic mass is 10.0. The Kier molecular flexibility index (Phi) is 12.5. The van der Waals surface area contributed by atoms with Crippen molar-refractivity contribution in [3.8, 4) is 0 Å². The van der Waals surface area contributed by atoms with E-state index in [0.29, 0.717) is 6.04 Å². The quantitative estimate of drug-likeness (QED) is 0.229. The van der Waals surface area contributed by atoms with Gasteiger partial charge in [0.1, 0.15) is 0 Å². The topological polar surface area (TPSA) is 38.0 Å². The van der Waals surface area contributed by atoms with Crippen molar-refractivity contribution in [3.63, 3.8) is 0 Å². The Morgan fingerprint density at radius 2 is 1.50 bits per heavy atom. The molecule has 16 heavy (non-hydrogen) atoms. The van der Waals surface area contributed by atoms with Crippen molar-refractivity contribution in [1.82, 2.24) is 5.43 Å². The lowest BCUT2D eigenvalue weighted by Gasteiger charge is -2.09. The first kappa shape index (κ1) is 15.7. The maximum atomic E-state index is 5.37. The van der Waals surface area contributed by atoms with Crippen LogP contribution in [0.4, 0.5) is 0 Å². The Balaban J connectivity index is 3.06. The fourth-order valence-electron chi connectivity index (χ4n) is 1.94. The highest BCUT2D eigenvalue weighted by molar-refractivity contribution is 4.83. The first-order valence-electron chi connectivity index (χ1n) is 6.93.